The van der Waals surface area contributed by atoms with Crippen LogP contribution in [0.3, 0.4) is 0 Å². The molecule has 128 valence electrons. The molecule has 0 radical (unpaired) electrons. The predicted octanol–water partition coefficient (Wildman–Crippen LogP) is 5.47. The Balaban J connectivity index is 2.07. The first-order chi connectivity index (χ1) is 12.6. The van der Waals surface area contributed by atoms with Gasteiger partial charge in [-0.1, -0.05) is 48.5 Å². The van der Waals surface area contributed by atoms with Crippen molar-refractivity contribution in [1.29, 1.82) is 0 Å². The molecule has 0 bridgehead atoms. The van der Waals surface area contributed by atoms with Crippen molar-refractivity contribution >= 4 is 16.9 Å². The van der Waals surface area contributed by atoms with Gasteiger partial charge in [-0.25, -0.2) is 0 Å². The fraction of sp³-hybridized carbons (Fsp3) is 0.125. The van der Waals surface area contributed by atoms with Crippen LogP contribution in [-0.4, -0.2) is 12.9 Å². The Morgan fingerprint density at radius 1 is 0.654 bits per heavy atom. The normalized spacial score (nSPS) is 13.1. The van der Waals surface area contributed by atoms with E-state index < -0.39 is 0 Å². The summed E-state index contributed by atoms with van der Waals surface area (Å²) in [6, 6.07) is 22.1. The third-order valence-electron chi connectivity index (χ3n) is 5.05. The third kappa shape index (κ3) is 2.46. The smallest absolute Gasteiger partial charge is 0.195 e. The number of hydrogen-bond donors (Lipinski definition) is 0. The van der Waals surface area contributed by atoms with Gasteiger partial charge in [-0.15, -0.1) is 0 Å². The minimum atomic E-state index is 0.0615. The molecule has 26 heavy (non-hydrogen) atoms. The zero-order valence-corrected chi connectivity index (χ0v) is 15.2. The van der Waals surface area contributed by atoms with Crippen LogP contribution in [0.25, 0.3) is 11.1 Å². The van der Waals surface area contributed by atoms with Crippen LogP contribution >= 0.6 is 0 Å². The first kappa shape index (κ1) is 16.3. The first-order valence-corrected chi connectivity index (χ1v) is 8.71. The molecule has 0 aromatic heterocycles. The Morgan fingerprint density at radius 3 is 1.81 bits per heavy atom. The van der Waals surface area contributed by atoms with Crippen LogP contribution in [-0.2, 0) is 0 Å². The van der Waals surface area contributed by atoms with E-state index >= 15 is 0 Å². The molecule has 0 atom stereocenters. The minimum Gasteiger partial charge on any atom is -0.497 e. The fourth-order valence-electron chi connectivity index (χ4n) is 3.68. The Kier molecular flexibility index (Phi) is 3.96. The molecule has 0 heterocycles. The first-order valence-electron chi connectivity index (χ1n) is 8.71. The summed E-state index contributed by atoms with van der Waals surface area (Å²) < 4.78 is 5.35. The molecular weight excluding hydrogens is 320 g/mol. The SMILES string of the molecule is COc1ccc2c(c1)C(=O)C(c1ccccc1C)=C2c1ccccc1C. The third-order valence-corrected chi connectivity index (χ3v) is 5.05. The van der Waals surface area contributed by atoms with E-state index in [-0.39, 0.29) is 5.78 Å². The van der Waals surface area contributed by atoms with Crippen LogP contribution < -0.4 is 4.74 Å². The number of ketones is 1. The summed E-state index contributed by atoms with van der Waals surface area (Å²) in [5.74, 6) is 0.763. The van der Waals surface area contributed by atoms with Crippen LogP contribution in [0.15, 0.2) is 66.7 Å². The summed E-state index contributed by atoms with van der Waals surface area (Å²) >= 11 is 0. The molecule has 0 spiro atoms. The summed E-state index contributed by atoms with van der Waals surface area (Å²) in [4.78, 5) is 13.4. The maximum Gasteiger partial charge on any atom is 0.195 e. The van der Waals surface area contributed by atoms with Crippen molar-refractivity contribution in [3.05, 3.63) is 100 Å². The van der Waals surface area contributed by atoms with E-state index in [4.69, 9.17) is 4.74 Å². The van der Waals surface area contributed by atoms with E-state index in [1.807, 2.05) is 48.5 Å². The van der Waals surface area contributed by atoms with Crippen molar-refractivity contribution in [2.24, 2.45) is 0 Å². The number of fused-ring (bicyclic) bond motifs is 1. The highest BCUT2D eigenvalue weighted by molar-refractivity contribution is 6.41. The average Bonchev–Trinajstić information content (AvgIpc) is 2.94. The molecule has 3 aromatic rings. The van der Waals surface area contributed by atoms with Gasteiger partial charge >= 0.3 is 0 Å². The lowest BCUT2D eigenvalue weighted by atomic mass is 9.90. The van der Waals surface area contributed by atoms with Crippen LogP contribution in [0.4, 0.5) is 0 Å². The summed E-state index contributed by atoms with van der Waals surface area (Å²) in [5.41, 5.74) is 7.82. The van der Waals surface area contributed by atoms with Crippen molar-refractivity contribution in [3.63, 3.8) is 0 Å². The summed E-state index contributed by atoms with van der Waals surface area (Å²) in [6.45, 7) is 4.14. The van der Waals surface area contributed by atoms with Gasteiger partial charge in [0.25, 0.3) is 0 Å². The summed E-state index contributed by atoms with van der Waals surface area (Å²) in [7, 11) is 1.62. The molecule has 1 aliphatic rings. The van der Waals surface area contributed by atoms with Gasteiger partial charge in [0.15, 0.2) is 5.78 Å². The molecule has 0 fully saturated rings. The van der Waals surface area contributed by atoms with Crippen molar-refractivity contribution in [1.82, 2.24) is 0 Å². The Hall–Kier alpha value is -3.13. The van der Waals surface area contributed by atoms with Crippen LogP contribution in [0.2, 0.25) is 0 Å². The minimum absolute atomic E-state index is 0.0615. The van der Waals surface area contributed by atoms with Gasteiger partial charge in [-0.2, -0.15) is 0 Å². The second-order valence-electron chi connectivity index (χ2n) is 6.62. The maximum absolute atomic E-state index is 13.4. The fourth-order valence-corrected chi connectivity index (χ4v) is 3.68. The molecule has 0 saturated heterocycles. The molecule has 2 nitrogen and oxygen atoms in total. The van der Waals surface area contributed by atoms with Gasteiger partial charge in [0.05, 0.1) is 7.11 Å². The molecule has 0 N–H and O–H groups in total. The molecule has 1 aliphatic carbocycles. The number of ether oxygens (including phenoxy) is 1. The Labute approximate surface area is 153 Å². The highest BCUT2D eigenvalue weighted by Gasteiger charge is 2.32. The summed E-state index contributed by atoms with van der Waals surface area (Å²) in [5, 5.41) is 0. The van der Waals surface area contributed by atoms with E-state index in [2.05, 4.69) is 32.0 Å². The highest BCUT2D eigenvalue weighted by atomic mass is 16.5. The van der Waals surface area contributed by atoms with E-state index in [9.17, 15) is 4.79 Å². The lowest BCUT2D eigenvalue weighted by molar-refractivity contribution is 0.105. The number of aryl methyl sites for hydroxylation is 2. The van der Waals surface area contributed by atoms with Crippen LogP contribution in [0, 0.1) is 13.8 Å². The zero-order chi connectivity index (χ0) is 18.3. The number of allylic oxidation sites excluding steroid dienone is 1. The maximum atomic E-state index is 13.4. The van der Waals surface area contributed by atoms with Crippen LogP contribution in [0.1, 0.15) is 38.2 Å². The van der Waals surface area contributed by atoms with Crippen molar-refractivity contribution in [2.45, 2.75) is 13.8 Å². The predicted molar refractivity (Wildman–Crippen MR) is 106 cm³/mol. The topological polar surface area (TPSA) is 26.3 Å². The monoisotopic (exact) mass is 340 g/mol. The molecule has 0 saturated carbocycles. The largest absolute Gasteiger partial charge is 0.497 e. The Morgan fingerprint density at radius 2 is 1.23 bits per heavy atom. The van der Waals surface area contributed by atoms with Gasteiger partial charge < -0.3 is 4.74 Å². The molecule has 4 rings (SSSR count). The quantitative estimate of drug-likeness (QED) is 0.632. The standard InChI is InChI=1S/C24H20O2/c1-15-8-4-6-10-18(15)22-20-13-12-17(26-3)14-21(20)24(25)23(22)19-11-7-5-9-16(19)2/h4-14H,1-3H3. The van der Waals surface area contributed by atoms with Gasteiger partial charge in [-0.05, 0) is 59.9 Å². The zero-order valence-electron chi connectivity index (χ0n) is 15.2. The number of Topliss-reactive ketones (excluding diaryl/α,β-unsaturated/α-hetero) is 1. The van der Waals surface area contributed by atoms with E-state index in [1.54, 1.807) is 7.11 Å². The van der Waals surface area contributed by atoms with Crippen molar-refractivity contribution in [3.8, 4) is 5.75 Å². The number of carbonyl (C=O) groups is 1. The lowest BCUT2D eigenvalue weighted by Crippen LogP contribution is -2.00. The van der Waals surface area contributed by atoms with Crippen LogP contribution in [0.5, 0.6) is 5.75 Å². The highest BCUT2D eigenvalue weighted by Crippen LogP contribution is 2.44. The van der Waals surface area contributed by atoms with Crippen molar-refractivity contribution in [2.75, 3.05) is 7.11 Å². The van der Waals surface area contributed by atoms with Gasteiger partial charge in [0.1, 0.15) is 5.75 Å². The molecule has 0 unspecified atom stereocenters. The molecular formula is C24H20O2. The number of methoxy groups -OCH3 is 1. The van der Waals surface area contributed by atoms with E-state index in [0.717, 1.165) is 39.0 Å². The molecule has 2 heteroatoms. The van der Waals surface area contributed by atoms with Gasteiger partial charge in [-0.3, -0.25) is 4.79 Å². The number of hydrogen-bond acceptors (Lipinski definition) is 2. The Bertz CT molecular complexity index is 1060. The second-order valence-corrected chi connectivity index (χ2v) is 6.62. The number of carbonyl (C=O) groups excluding carboxylic acids is 1. The lowest BCUT2D eigenvalue weighted by Gasteiger charge is -2.13. The number of benzene rings is 3. The van der Waals surface area contributed by atoms with E-state index in [0.29, 0.717) is 11.3 Å². The van der Waals surface area contributed by atoms with Gasteiger partial charge in [0.2, 0.25) is 0 Å². The molecule has 0 amide bonds. The van der Waals surface area contributed by atoms with Crippen molar-refractivity contribution < 1.29 is 9.53 Å². The molecule has 3 aromatic carbocycles. The summed E-state index contributed by atoms with van der Waals surface area (Å²) in [6.07, 6.45) is 0. The molecule has 0 aliphatic heterocycles. The second kappa shape index (κ2) is 6.30. The van der Waals surface area contributed by atoms with E-state index in [1.165, 1.54) is 0 Å². The average molecular weight is 340 g/mol. The van der Waals surface area contributed by atoms with Gasteiger partial charge in [0, 0.05) is 16.7 Å². The number of rotatable bonds is 3.